The SMILES string of the molecule is Cn1nc(C(=O)Cc2cccc(-c3cccc4c3cnn4C)c2C#N)cc1CNCCO. The Morgan fingerprint density at radius 2 is 1.94 bits per heavy atom. The van der Waals surface area contributed by atoms with Crippen LogP contribution >= 0.6 is 0 Å². The molecule has 0 aliphatic carbocycles. The number of hydrogen-bond donors (Lipinski definition) is 2. The number of carbonyl (C=O) groups is 1. The number of nitrogens with zero attached hydrogens (tertiary/aromatic N) is 5. The fourth-order valence-electron chi connectivity index (χ4n) is 3.88. The molecular weight excluding hydrogens is 404 g/mol. The van der Waals surface area contributed by atoms with Gasteiger partial charge in [-0.25, -0.2) is 0 Å². The highest BCUT2D eigenvalue weighted by Crippen LogP contribution is 2.32. The van der Waals surface area contributed by atoms with Crippen LogP contribution in [0.3, 0.4) is 0 Å². The van der Waals surface area contributed by atoms with Gasteiger partial charge in [0.05, 0.1) is 29.6 Å². The topological polar surface area (TPSA) is 109 Å². The van der Waals surface area contributed by atoms with Gasteiger partial charge in [-0.3, -0.25) is 14.2 Å². The summed E-state index contributed by atoms with van der Waals surface area (Å²) in [5, 5.41) is 31.6. The number of nitriles is 1. The minimum Gasteiger partial charge on any atom is -0.395 e. The van der Waals surface area contributed by atoms with E-state index in [9.17, 15) is 10.1 Å². The molecule has 0 amide bonds. The van der Waals surface area contributed by atoms with Crippen LogP contribution in [0.1, 0.15) is 27.3 Å². The van der Waals surface area contributed by atoms with Crippen molar-refractivity contribution in [1.82, 2.24) is 24.9 Å². The molecule has 32 heavy (non-hydrogen) atoms. The van der Waals surface area contributed by atoms with Gasteiger partial charge >= 0.3 is 0 Å². The van der Waals surface area contributed by atoms with Gasteiger partial charge in [-0.05, 0) is 23.3 Å². The van der Waals surface area contributed by atoms with E-state index in [1.807, 2.05) is 43.4 Å². The van der Waals surface area contributed by atoms with Crippen molar-refractivity contribution in [3.63, 3.8) is 0 Å². The van der Waals surface area contributed by atoms with Crippen LogP contribution < -0.4 is 5.32 Å². The minimum atomic E-state index is -0.151. The van der Waals surface area contributed by atoms with Crippen molar-refractivity contribution in [2.75, 3.05) is 13.2 Å². The third-order valence-electron chi connectivity index (χ3n) is 5.55. The van der Waals surface area contributed by atoms with E-state index < -0.39 is 0 Å². The monoisotopic (exact) mass is 428 g/mol. The number of aromatic nitrogens is 4. The Morgan fingerprint density at radius 1 is 1.16 bits per heavy atom. The highest BCUT2D eigenvalue weighted by Gasteiger charge is 2.18. The van der Waals surface area contributed by atoms with Gasteiger partial charge in [0.25, 0.3) is 0 Å². The van der Waals surface area contributed by atoms with Gasteiger partial charge in [0.1, 0.15) is 11.8 Å². The first-order valence-electron chi connectivity index (χ1n) is 10.3. The number of rotatable bonds is 8. The van der Waals surface area contributed by atoms with Gasteiger partial charge in [0.2, 0.25) is 0 Å². The van der Waals surface area contributed by atoms with Crippen molar-refractivity contribution < 1.29 is 9.90 Å². The number of aryl methyl sites for hydroxylation is 2. The molecule has 2 aromatic heterocycles. The predicted molar refractivity (Wildman–Crippen MR) is 121 cm³/mol. The van der Waals surface area contributed by atoms with Crippen LogP contribution in [-0.4, -0.2) is 43.6 Å². The molecule has 0 spiro atoms. The molecule has 4 aromatic rings. The van der Waals surface area contributed by atoms with E-state index in [4.69, 9.17) is 5.11 Å². The molecule has 0 fully saturated rings. The van der Waals surface area contributed by atoms with E-state index in [1.54, 1.807) is 28.7 Å². The molecule has 2 aromatic carbocycles. The van der Waals surface area contributed by atoms with Crippen molar-refractivity contribution in [1.29, 1.82) is 5.26 Å². The first-order chi connectivity index (χ1) is 15.5. The van der Waals surface area contributed by atoms with E-state index in [-0.39, 0.29) is 18.8 Å². The number of ketones is 1. The standard InChI is InChI=1S/C24H24N6O2/c1-29-17(14-26-9-10-31)12-22(28-29)24(32)11-16-5-3-6-18(20(16)13-25)19-7-4-8-23-21(19)15-27-30(23)2/h3-8,12,15,26,31H,9-11,14H2,1-2H3. The maximum atomic E-state index is 13.0. The third kappa shape index (κ3) is 4.04. The van der Waals surface area contributed by atoms with E-state index in [0.717, 1.165) is 27.7 Å². The number of carbonyl (C=O) groups excluding carboxylic acids is 1. The van der Waals surface area contributed by atoms with Crippen LogP contribution in [0.5, 0.6) is 0 Å². The van der Waals surface area contributed by atoms with Crippen LogP contribution in [-0.2, 0) is 27.1 Å². The molecule has 4 rings (SSSR count). The second-order valence-electron chi connectivity index (χ2n) is 7.60. The van der Waals surface area contributed by atoms with Crippen LogP contribution in [0, 0.1) is 11.3 Å². The first kappa shape index (κ1) is 21.4. The van der Waals surface area contributed by atoms with Crippen LogP contribution in [0.2, 0.25) is 0 Å². The maximum absolute atomic E-state index is 13.0. The molecule has 2 heterocycles. The second-order valence-corrected chi connectivity index (χ2v) is 7.60. The molecule has 0 saturated carbocycles. The van der Waals surface area contributed by atoms with Gasteiger partial charge in [-0.15, -0.1) is 0 Å². The normalized spacial score (nSPS) is 11.1. The fraction of sp³-hybridized carbons (Fsp3) is 0.250. The molecule has 0 radical (unpaired) electrons. The lowest BCUT2D eigenvalue weighted by molar-refractivity contribution is 0.0987. The average Bonchev–Trinajstić information content (AvgIpc) is 3.36. The van der Waals surface area contributed by atoms with Crippen molar-refractivity contribution in [3.05, 3.63) is 71.2 Å². The molecule has 8 heteroatoms. The molecule has 0 bridgehead atoms. The molecule has 0 aliphatic heterocycles. The molecule has 0 unspecified atom stereocenters. The number of aliphatic hydroxyl groups is 1. The zero-order chi connectivity index (χ0) is 22.7. The van der Waals surface area contributed by atoms with Gasteiger partial charge in [-0.1, -0.05) is 30.3 Å². The summed E-state index contributed by atoms with van der Waals surface area (Å²) >= 11 is 0. The van der Waals surface area contributed by atoms with E-state index >= 15 is 0 Å². The average molecular weight is 428 g/mol. The lowest BCUT2D eigenvalue weighted by Crippen LogP contribution is -2.19. The van der Waals surface area contributed by atoms with E-state index in [0.29, 0.717) is 29.9 Å². The van der Waals surface area contributed by atoms with E-state index in [2.05, 4.69) is 21.6 Å². The fourth-order valence-corrected chi connectivity index (χ4v) is 3.88. The molecule has 0 saturated heterocycles. The number of Topliss-reactive ketones (excluding diaryl/α,β-unsaturated/α-hetero) is 1. The van der Waals surface area contributed by atoms with Crippen molar-refractivity contribution in [3.8, 4) is 17.2 Å². The maximum Gasteiger partial charge on any atom is 0.187 e. The molecule has 0 aliphatic rings. The zero-order valence-corrected chi connectivity index (χ0v) is 18.0. The minimum absolute atomic E-state index is 0.0453. The highest BCUT2D eigenvalue weighted by atomic mass is 16.3. The van der Waals surface area contributed by atoms with Crippen LogP contribution in [0.15, 0.2) is 48.7 Å². The lowest BCUT2D eigenvalue weighted by atomic mass is 9.92. The summed E-state index contributed by atoms with van der Waals surface area (Å²) in [6.07, 6.45) is 1.88. The molecule has 162 valence electrons. The van der Waals surface area contributed by atoms with Gasteiger partial charge < -0.3 is 10.4 Å². The Labute approximate surface area is 185 Å². The highest BCUT2D eigenvalue weighted by molar-refractivity contribution is 5.98. The van der Waals surface area contributed by atoms with Gasteiger partial charge in [-0.2, -0.15) is 15.5 Å². The Morgan fingerprint density at radius 3 is 2.72 bits per heavy atom. The quantitative estimate of drug-likeness (QED) is 0.329. The number of aliphatic hydroxyl groups excluding tert-OH is 1. The molecule has 0 atom stereocenters. The van der Waals surface area contributed by atoms with Crippen molar-refractivity contribution >= 4 is 16.7 Å². The summed E-state index contributed by atoms with van der Waals surface area (Å²) in [6, 6.07) is 15.5. The Kier molecular flexibility index (Phi) is 6.12. The number of nitrogens with one attached hydrogen (secondary N) is 1. The number of hydrogen-bond acceptors (Lipinski definition) is 6. The summed E-state index contributed by atoms with van der Waals surface area (Å²) in [4.78, 5) is 13.0. The molecular formula is C24H24N6O2. The summed E-state index contributed by atoms with van der Waals surface area (Å²) < 4.78 is 3.45. The summed E-state index contributed by atoms with van der Waals surface area (Å²) in [6.45, 7) is 1.02. The van der Waals surface area contributed by atoms with Crippen LogP contribution in [0.4, 0.5) is 0 Å². The third-order valence-corrected chi connectivity index (χ3v) is 5.55. The predicted octanol–water partition coefficient (Wildman–Crippen LogP) is 2.35. The van der Waals surface area contributed by atoms with Gasteiger partial charge in [0, 0.05) is 44.6 Å². The summed E-state index contributed by atoms with van der Waals surface area (Å²) in [5.41, 5.74) is 5.03. The molecule has 2 N–H and O–H groups in total. The summed E-state index contributed by atoms with van der Waals surface area (Å²) in [7, 11) is 3.66. The van der Waals surface area contributed by atoms with Crippen molar-refractivity contribution in [2.24, 2.45) is 14.1 Å². The summed E-state index contributed by atoms with van der Waals surface area (Å²) in [5.74, 6) is -0.151. The lowest BCUT2D eigenvalue weighted by Gasteiger charge is -2.10. The smallest absolute Gasteiger partial charge is 0.187 e. The van der Waals surface area contributed by atoms with Crippen molar-refractivity contribution in [2.45, 2.75) is 13.0 Å². The Balaban J connectivity index is 1.65. The zero-order valence-electron chi connectivity index (χ0n) is 18.0. The number of fused-ring (bicyclic) bond motifs is 1. The first-order valence-corrected chi connectivity index (χ1v) is 10.3. The van der Waals surface area contributed by atoms with E-state index in [1.165, 1.54) is 0 Å². The number of benzene rings is 2. The van der Waals surface area contributed by atoms with Crippen LogP contribution in [0.25, 0.3) is 22.0 Å². The Hall–Kier alpha value is -3.80. The Bertz CT molecular complexity index is 1330. The van der Waals surface area contributed by atoms with Gasteiger partial charge in [0.15, 0.2) is 5.78 Å². The second kappa shape index (κ2) is 9.14. The molecule has 8 nitrogen and oxygen atoms in total. The largest absolute Gasteiger partial charge is 0.395 e.